The molecule has 7 nitrogen and oxygen atoms in total. The first-order valence-electron chi connectivity index (χ1n) is 7.67. The van der Waals surface area contributed by atoms with Crippen molar-refractivity contribution in [1.29, 1.82) is 0 Å². The van der Waals surface area contributed by atoms with Crippen LogP contribution in [-0.2, 0) is 16.0 Å². The number of nitrogens with zero attached hydrogens (tertiary/aromatic N) is 2. The van der Waals surface area contributed by atoms with E-state index in [1.165, 1.54) is 0 Å². The number of aromatic nitrogens is 1. The number of ether oxygens (including phenoxy) is 1. The molecule has 1 fully saturated rings. The molecule has 128 valence electrons. The molecule has 8 heteroatoms. The van der Waals surface area contributed by atoms with Gasteiger partial charge in [-0.1, -0.05) is 5.16 Å². The highest BCUT2D eigenvalue weighted by Gasteiger charge is 2.29. The minimum absolute atomic E-state index is 0.00565. The first kappa shape index (κ1) is 16.4. The zero-order valence-corrected chi connectivity index (χ0v) is 13.4. The maximum atomic E-state index is 15.1. The molecule has 24 heavy (non-hydrogen) atoms. The molecular weight excluding hydrogens is 317 g/mol. The lowest BCUT2D eigenvalue weighted by molar-refractivity contribution is -0.107. The second-order valence-corrected chi connectivity index (χ2v) is 6.00. The largest absolute Gasteiger partial charge is 0.372 e. The zero-order valence-electron chi connectivity index (χ0n) is 13.4. The van der Waals surface area contributed by atoms with Gasteiger partial charge < -0.3 is 24.7 Å². The van der Waals surface area contributed by atoms with E-state index in [-0.39, 0.29) is 41.0 Å². The Labute approximate surface area is 137 Å². The Morgan fingerprint density at radius 1 is 1.46 bits per heavy atom. The van der Waals surface area contributed by atoms with Gasteiger partial charge in [0.25, 0.3) is 5.91 Å². The second kappa shape index (κ2) is 6.20. The zero-order chi connectivity index (χ0) is 17.4. The molecular formula is C16H18FN3O4. The van der Waals surface area contributed by atoms with Gasteiger partial charge in [0.1, 0.15) is 6.29 Å². The maximum absolute atomic E-state index is 15.1. The number of benzene rings is 1. The van der Waals surface area contributed by atoms with Crippen molar-refractivity contribution < 1.29 is 23.2 Å². The van der Waals surface area contributed by atoms with Crippen molar-refractivity contribution in [2.75, 3.05) is 18.0 Å². The number of amides is 1. The summed E-state index contributed by atoms with van der Waals surface area (Å²) >= 11 is 0. The molecule has 1 aromatic heterocycles. The SMILES string of the molecule is CC1CN(c2c(CC=O)cc3c(C(N)=O)noc3c2F)CC(C)O1. The molecule has 1 aromatic carbocycles. The maximum Gasteiger partial charge on any atom is 0.271 e. The summed E-state index contributed by atoms with van der Waals surface area (Å²) in [6.07, 6.45) is 0.535. The molecule has 0 saturated carbocycles. The standard InChI is InChI=1S/C16H18FN3O4/c1-8-6-20(7-9(2)23-8)14-10(3-4-21)5-11-13(16(18)22)19-24-15(11)12(14)17/h4-5,8-9H,3,6-7H2,1-2H3,(H2,18,22). The van der Waals surface area contributed by atoms with Gasteiger partial charge in [-0.05, 0) is 25.5 Å². The van der Waals surface area contributed by atoms with Crippen molar-refractivity contribution in [3.63, 3.8) is 0 Å². The average Bonchev–Trinajstić information content (AvgIpc) is 2.91. The molecule has 1 aliphatic rings. The first-order valence-corrected chi connectivity index (χ1v) is 7.67. The van der Waals surface area contributed by atoms with E-state index in [2.05, 4.69) is 5.16 Å². The molecule has 0 radical (unpaired) electrons. The van der Waals surface area contributed by atoms with Crippen LogP contribution in [-0.4, -0.2) is 42.6 Å². The Morgan fingerprint density at radius 2 is 2.12 bits per heavy atom. The lowest BCUT2D eigenvalue weighted by Gasteiger charge is -2.37. The van der Waals surface area contributed by atoms with Gasteiger partial charge in [-0.2, -0.15) is 0 Å². The minimum atomic E-state index is -0.813. The van der Waals surface area contributed by atoms with E-state index in [4.69, 9.17) is 15.0 Å². The van der Waals surface area contributed by atoms with Gasteiger partial charge in [0.15, 0.2) is 11.5 Å². The Hall–Kier alpha value is -2.48. The van der Waals surface area contributed by atoms with E-state index in [1.54, 1.807) is 6.07 Å². The summed E-state index contributed by atoms with van der Waals surface area (Å²) in [7, 11) is 0. The summed E-state index contributed by atoms with van der Waals surface area (Å²) in [6, 6.07) is 1.55. The molecule has 2 atom stereocenters. The summed E-state index contributed by atoms with van der Waals surface area (Å²) in [5, 5.41) is 3.73. The van der Waals surface area contributed by atoms with E-state index in [1.807, 2.05) is 18.7 Å². The number of hydrogen-bond donors (Lipinski definition) is 1. The van der Waals surface area contributed by atoms with Crippen molar-refractivity contribution in [2.24, 2.45) is 5.73 Å². The van der Waals surface area contributed by atoms with E-state index in [0.717, 1.165) is 0 Å². The van der Waals surface area contributed by atoms with Crippen molar-refractivity contribution in [2.45, 2.75) is 32.5 Å². The van der Waals surface area contributed by atoms with Gasteiger partial charge in [0.05, 0.1) is 23.3 Å². The fourth-order valence-corrected chi connectivity index (χ4v) is 3.21. The van der Waals surface area contributed by atoms with Crippen LogP contribution in [0.4, 0.5) is 10.1 Å². The van der Waals surface area contributed by atoms with Crippen molar-refractivity contribution in [3.8, 4) is 0 Å². The van der Waals surface area contributed by atoms with Gasteiger partial charge in [-0.25, -0.2) is 4.39 Å². The van der Waals surface area contributed by atoms with E-state index in [9.17, 15) is 9.59 Å². The van der Waals surface area contributed by atoms with Crippen molar-refractivity contribution >= 4 is 28.8 Å². The molecule has 3 rings (SSSR count). The predicted molar refractivity (Wildman–Crippen MR) is 84.5 cm³/mol. The summed E-state index contributed by atoms with van der Waals surface area (Å²) in [5.74, 6) is -1.46. The summed E-state index contributed by atoms with van der Waals surface area (Å²) in [6.45, 7) is 4.77. The molecule has 1 saturated heterocycles. The van der Waals surface area contributed by atoms with Crippen LogP contribution in [0, 0.1) is 5.82 Å². The van der Waals surface area contributed by atoms with Gasteiger partial charge in [-0.15, -0.1) is 0 Å². The van der Waals surface area contributed by atoms with Crippen LogP contribution in [0.15, 0.2) is 10.6 Å². The minimum Gasteiger partial charge on any atom is -0.372 e. The Morgan fingerprint density at radius 3 is 2.71 bits per heavy atom. The average molecular weight is 335 g/mol. The number of morpholine rings is 1. The van der Waals surface area contributed by atoms with Gasteiger partial charge in [-0.3, -0.25) is 4.79 Å². The fraction of sp³-hybridized carbons (Fsp3) is 0.438. The summed E-state index contributed by atoms with van der Waals surface area (Å²) in [5.41, 5.74) is 5.69. The molecule has 2 heterocycles. The van der Waals surface area contributed by atoms with Crippen LogP contribution in [0.3, 0.4) is 0 Å². The fourth-order valence-electron chi connectivity index (χ4n) is 3.21. The Balaban J connectivity index is 2.18. The predicted octanol–water partition coefficient (Wildman–Crippen LogP) is 1.42. The molecule has 0 spiro atoms. The number of carbonyl (C=O) groups is 2. The molecule has 1 aliphatic heterocycles. The quantitative estimate of drug-likeness (QED) is 0.849. The molecule has 0 aliphatic carbocycles. The molecule has 2 unspecified atom stereocenters. The third kappa shape index (κ3) is 2.73. The molecule has 1 amide bonds. The number of primary amides is 1. The summed E-state index contributed by atoms with van der Waals surface area (Å²) < 4.78 is 25.7. The molecule has 0 bridgehead atoms. The van der Waals surface area contributed by atoms with Crippen LogP contribution < -0.4 is 10.6 Å². The van der Waals surface area contributed by atoms with E-state index >= 15 is 4.39 Å². The van der Waals surface area contributed by atoms with Crippen LogP contribution in [0.2, 0.25) is 0 Å². The number of hydrogen-bond acceptors (Lipinski definition) is 6. The Bertz CT molecular complexity index is 794. The van der Waals surface area contributed by atoms with Crippen molar-refractivity contribution in [1.82, 2.24) is 5.16 Å². The second-order valence-electron chi connectivity index (χ2n) is 6.00. The highest BCUT2D eigenvalue weighted by Crippen LogP contribution is 2.35. The smallest absolute Gasteiger partial charge is 0.271 e. The molecule has 2 N–H and O–H groups in total. The van der Waals surface area contributed by atoms with Crippen LogP contribution in [0.25, 0.3) is 11.0 Å². The summed E-state index contributed by atoms with van der Waals surface area (Å²) in [4.78, 5) is 24.3. The van der Waals surface area contributed by atoms with Crippen LogP contribution >= 0.6 is 0 Å². The van der Waals surface area contributed by atoms with Gasteiger partial charge in [0.2, 0.25) is 5.58 Å². The van der Waals surface area contributed by atoms with Gasteiger partial charge >= 0.3 is 0 Å². The Kier molecular flexibility index (Phi) is 4.23. The topological polar surface area (TPSA) is 98.7 Å². The highest BCUT2D eigenvalue weighted by atomic mass is 19.1. The first-order chi connectivity index (χ1) is 11.4. The number of nitrogens with two attached hydrogens (primary N) is 1. The van der Waals surface area contributed by atoms with Crippen LogP contribution in [0.5, 0.6) is 0 Å². The van der Waals surface area contributed by atoms with E-state index < -0.39 is 11.7 Å². The molecule has 2 aromatic rings. The number of halogens is 1. The normalized spacial score (nSPS) is 21.2. The number of rotatable bonds is 4. The number of anilines is 1. The van der Waals surface area contributed by atoms with Crippen LogP contribution in [0.1, 0.15) is 29.9 Å². The lowest BCUT2D eigenvalue weighted by Crippen LogP contribution is -2.46. The number of aldehydes is 1. The lowest BCUT2D eigenvalue weighted by atomic mass is 10.0. The van der Waals surface area contributed by atoms with E-state index in [0.29, 0.717) is 24.9 Å². The number of carbonyl (C=O) groups excluding carboxylic acids is 2. The third-order valence-corrected chi connectivity index (χ3v) is 4.03. The monoisotopic (exact) mass is 335 g/mol. The van der Waals surface area contributed by atoms with Gasteiger partial charge in [0, 0.05) is 19.5 Å². The number of fused-ring (bicyclic) bond motifs is 1. The third-order valence-electron chi connectivity index (χ3n) is 4.03. The van der Waals surface area contributed by atoms with Crippen molar-refractivity contribution in [3.05, 3.63) is 23.1 Å². The highest BCUT2D eigenvalue weighted by molar-refractivity contribution is 6.04.